The molecule has 0 saturated carbocycles. The number of hydrogen-bond donors (Lipinski definition) is 3. The fourth-order valence-electron chi connectivity index (χ4n) is 0.564. The number of carboxylic acid groups (broad SMARTS) is 1. The molecule has 0 saturated heterocycles. The lowest BCUT2D eigenvalue weighted by Gasteiger charge is -2.06. The number of aldehydes is 1. The molecule has 0 heterocycles. The van der Waals surface area contributed by atoms with Crippen LogP contribution in [0, 0.1) is 0 Å². The van der Waals surface area contributed by atoms with Gasteiger partial charge in [0.1, 0.15) is 12.3 Å². The van der Waals surface area contributed by atoms with E-state index in [-0.39, 0.29) is 6.42 Å². The smallest absolute Gasteiger partial charge is 0.320 e. The third-order valence-corrected chi connectivity index (χ3v) is 1.30. The molecule has 0 amide bonds. The van der Waals surface area contributed by atoms with Crippen LogP contribution >= 0.6 is 0 Å². The maximum absolute atomic E-state index is 10.1. The summed E-state index contributed by atoms with van der Waals surface area (Å²) in [7, 11) is 0. The Labute approximate surface area is 64.4 Å². The van der Waals surface area contributed by atoms with E-state index in [1.165, 1.54) is 0 Å². The molecule has 5 heteroatoms. The van der Waals surface area contributed by atoms with Crippen molar-refractivity contribution in [3.05, 3.63) is 0 Å². The Hall–Kier alpha value is -0.940. The molecule has 2 atom stereocenters. The summed E-state index contributed by atoms with van der Waals surface area (Å²) >= 11 is 0. The van der Waals surface area contributed by atoms with E-state index in [0.29, 0.717) is 12.7 Å². The van der Waals surface area contributed by atoms with Gasteiger partial charge in [0.05, 0.1) is 6.04 Å². The van der Waals surface area contributed by atoms with E-state index in [1.54, 1.807) is 0 Å². The zero-order chi connectivity index (χ0) is 8.85. The molecule has 0 aliphatic carbocycles. The van der Waals surface area contributed by atoms with E-state index in [0.717, 1.165) is 0 Å². The van der Waals surface area contributed by atoms with Crippen molar-refractivity contribution in [2.45, 2.75) is 24.9 Å². The molecule has 0 aliphatic rings. The second kappa shape index (κ2) is 4.81. The minimum atomic E-state index is -1.07. The minimum Gasteiger partial charge on any atom is -0.480 e. The van der Waals surface area contributed by atoms with Crippen LogP contribution in [0.25, 0.3) is 0 Å². The zero-order valence-electron chi connectivity index (χ0n) is 6.06. The van der Waals surface area contributed by atoms with Gasteiger partial charge >= 0.3 is 5.97 Å². The largest absolute Gasteiger partial charge is 0.480 e. The molecule has 0 fully saturated rings. The van der Waals surface area contributed by atoms with Gasteiger partial charge in [-0.2, -0.15) is 0 Å². The third kappa shape index (κ3) is 4.46. The second-order valence-corrected chi connectivity index (χ2v) is 2.32. The van der Waals surface area contributed by atoms with Crippen molar-refractivity contribution in [2.24, 2.45) is 11.5 Å². The summed E-state index contributed by atoms with van der Waals surface area (Å²) in [5.74, 6) is -1.07. The number of aliphatic carboxylic acids is 1. The number of carbonyl (C=O) groups excluding carboxylic acids is 1. The van der Waals surface area contributed by atoms with E-state index >= 15 is 0 Å². The number of rotatable bonds is 5. The van der Waals surface area contributed by atoms with Gasteiger partial charge in [-0.1, -0.05) is 0 Å². The molecule has 0 spiro atoms. The molecule has 11 heavy (non-hydrogen) atoms. The molecule has 0 radical (unpaired) electrons. The standard InChI is InChI=1S/C6H12N2O3/c7-4(3-9)1-2-5(8)6(10)11/h3-5H,1-2,7-8H2,(H,10,11)/t4?,5-/m1/s1. The highest BCUT2D eigenvalue weighted by Gasteiger charge is 2.12. The lowest BCUT2D eigenvalue weighted by atomic mass is 10.1. The average molecular weight is 160 g/mol. The van der Waals surface area contributed by atoms with Crippen molar-refractivity contribution >= 4 is 12.3 Å². The van der Waals surface area contributed by atoms with Crippen molar-refractivity contribution in [2.75, 3.05) is 0 Å². The number of nitrogens with two attached hydrogens (primary N) is 2. The van der Waals surface area contributed by atoms with Gasteiger partial charge in [0.2, 0.25) is 0 Å². The summed E-state index contributed by atoms with van der Waals surface area (Å²) in [6.45, 7) is 0. The lowest BCUT2D eigenvalue weighted by Crippen LogP contribution is -2.33. The van der Waals surface area contributed by atoms with Crippen molar-refractivity contribution in [1.29, 1.82) is 0 Å². The van der Waals surface area contributed by atoms with E-state index in [1.807, 2.05) is 0 Å². The summed E-state index contributed by atoms with van der Waals surface area (Å²) in [6, 6.07) is -1.51. The summed E-state index contributed by atoms with van der Waals surface area (Å²) in [5, 5.41) is 8.31. The van der Waals surface area contributed by atoms with Gasteiger partial charge in [-0.05, 0) is 12.8 Å². The quantitative estimate of drug-likeness (QED) is 0.433. The normalized spacial score (nSPS) is 15.5. The predicted molar refractivity (Wildman–Crippen MR) is 38.9 cm³/mol. The molecule has 64 valence electrons. The van der Waals surface area contributed by atoms with Gasteiger partial charge in [-0.25, -0.2) is 0 Å². The Kier molecular flexibility index (Phi) is 4.40. The van der Waals surface area contributed by atoms with Crippen molar-refractivity contribution in [3.8, 4) is 0 Å². The first-order valence-corrected chi connectivity index (χ1v) is 3.27. The van der Waals surface area contributed by atoms with Crippen molar-refractivity contribution in [1.82, 2.24) is 0 Å². The number of carboxylic acids is 1. The van der Waals surface area contributed by atoms with Gasteiger partial charge < -0.3 is 21.4 Å². The molecular weight excluding hydrogens is 148 g/mol. The molecule has 1 unspecified atom stereocenters. The summed E-state index contributed by atoms with van der Waals surface area (Å²) in [5.41, 5.74) is 10.4. The molecule has 5 nitrogen and oxygen atoms in total. The van der Waals surface area contributed by atoms with Crippen LogP contribution in [0.3, 0.4) is 0 Å². The second-order valence-electron chi connectivity index (χ2n) is 2.32. The monoisotopic (exact) mass is 160 g/mol. The summed E-state index contributed by atoms with van der Waals surface area (Å²) in [4.78, 5) is 20.1. The van der Waals surface area contributed by atoms with E-state index in [4.69, 9.17) is 16.6 Å². The van der Waals surface area contributed by atoms with Crippen LogP contribution in [0.4, 0.5) is 0 Å². The van der Waals surface area contributed by atoms with Crippen LogP contribution in [0.5, 0.6) is 0 Å². The summed E-state index contributed by atoms with van der Waals surface area (Å²) < 4.78 is 0. The first-order valence-electron chi connectivity index (χ1n) is 3.27. The molecule has 0 aliphatic heterocycles. The fourth-order valence-corrected chi connectivity index (χ4v) is 0.564. The van der Waals surface area contributed by atoms with E-state index in [9.17, 15) is 9.59 Å². The molecule has 0 rings (SSSR count). The maximum atomic E-state index is 10.1. The molecular formula is C6H12N2O3. The Balaban J connectivity index is 3.53. The minimum absolute atomic E-state index is 0.231. The van der Waals surface area contributed by atoms with Gasteiger partial charge in [0.25, 0.3) is 0 Å². The molecule has 5 N–H and O–H groups in total. The Morgan fingerprint density at radius 2 is 2.00 bits per heavy atom. The Morgan fingerprint density at radius 1 is 1.45 bits per heavy atom. The summed E-state index contributed by atoms with van der Waals surface area (Å²) in [6.07, 6.45) is 1.13. The van der Waals surface area contributed by atoms with Crippen molar-refractivity contribution < 1.29 is 14.7 Å². The first-order chi connectivity index (χ1) is 5.07. The number of carbonyl (C=O) groups is 2. The predicted octanol–water partition coefficient (Wildman–Crippen LogP) is -1.30. The van der Waals surface area contributed by atoms with Crippen LogP contribution in [0.1, 0.15) is 12.8 Å². The topological polar surface area (TPSA) is 106 Å². The van der Waals surface area contributed by atoms with Crippen LogP contribution < -0.4 is 11.5 Å². The van der Waals surface area contributed by atoms with E-state index < -0.39 is 18.1 Å². The molecule has 0 bridgehead atoms. The van der Waals surface area contributed by atoms with Crippen LogP contribution in [0.2, 0.25) is 0 Å². The fraction of sp³-hybridized carbons (Fsp3) is 0.667. The highest BCUT2D eigenvalue weighted by Crippen LogP contribution is 1.96. The molecule has 0 aromatic heterocycles. The van der Waals surface area contributed by atoms with Gasteiger partial charge in [0, 0.05) is 0 Å². The third-order valence-electron chi connectivity index (χ3n) is 1.30. The number of hydrogen-bond acceptors (Lipinski definition) is 4. The highest BCUT2D eigenvalue weighted by atomic mass is 16.4. The van der Waals surface area contributed by atoms with Crippen molar-refractivity contribution in [3.63, 3.8) is 0 Å². The first kappa shape index (κ1) is 10.1. The van der Waals surface area contributed by atoms with Crippen LogP contribution in [0.15, 0.2) is 0 Å². The van der Waals surface area contributed by atoms with Crippen LogP contribution in [-0.2, 0) is 9.59 Å². The van der Waals surface area contributed by atoms with Crippen LogP contribution in [-0.4, -0.2) is 29.4 Å². The highest BCUT2D eigenvalue weighted by molar-refractivity contribution is 5.73. The van der Waals surface area contributed by atoms with Gasteiger partial charge in [-0.15, -0.1) is 0 Å². The lowest BCUT2D eigenvalue weighted by molar-refractivity contribution is -0.138. The Bertz CT molecular complexity index is 149. The average Bonchev–Trinajstić information content (AvgIpc) is 1.99. The zero-order valence-corrected chi connectivity index (χ0v) is 6.06. The molecule has 0 aromatic carbocycles. The van der Waals surface area contributed by atoms with E-state index in [2.05, 4.69) is 0 Å². The molecule has 0 aromatic rings. The SMILES string of the molecule is NC(C=O)CC[C@@H](N)C(=O)O. The Morgan fingerprint density at radius 3 is 2.36 bits per heavy atom. The van der Waals surface area contributed by atoms with Gasteiger partial charge in [0.15, 0.2) is 0 Å². The maximum Gasteiger partial charge on any atom is 0.320 e. The van der Waals surface area contributed by atoms with Gasteiger partial charge in [-0.3, -0.25) is 4.79 Å².